The summed E-state index contributed by atoms with van der Waals surface area (Å²) in [5.41, 5.74) is 0. The molecular weight excluding hydrogens is 374 g/mol. The maximum Gasteiger partial charge on any atom is 0.244 e. The molecule has 3 rings (SSSR count). The van der Waals surface area contributed by atoms with E-state index in [4.69, 9.17) is 0 Å². The summed E-state index contributed by atoms with van der Waals surface area (Å²) in [6.45, 7) is 2.16. The topological polar surface area (TPSA) is 55.2 Å². The number of thiophene rings is 1. The van der Waals surface area contributed by atoms with E-state index in [0.717, 1.165) is 27.3 Å². The van der Waals surface area contributed by atoms with Crippen LogP contribution in [-0.2, 0) is 23.6 Å². The number of imidazole rings is 1. The average molecular weight is 390 g/mol. The Kier molecular flexibility index (Phi) is 3.98. The summed E-state index contributed by atoms with van der Waals surface area (Å²) in [6, 6.07) is 1.80. The van der Waals surface area contributed by atoms with Gasteiger partial charge in [-0.05, 0) is 41.8 Å². The van der Waals surface area contributed by atoms with Gasteiger partial charge in [-0.25, -0.2) is 13.4 Å². The minimum atomic E-state index is -3.48. The number of hydrogen-bond donors (Lipinski definition) is 0. The first-order valence-corrected chi connectivity index (χ1v) is 9.68. The van der Waals surface area contributed by atoms with Gasteiger partial charge in [0, 0.05) is 30.4 Å². The Hall–Kier alpha value is -0.700. The Morgan fingerprint density at radius 1 is 1.52 bits per heavy atom. The number of halogens is 1. The first-order valence-electron chi connectivity index (χ1n) is 6.63. The highest BCUT2D eigenvalue weighted by Gasteiger charge is 2.39. The lowest BCUT2D eigenvalue weighted by molar-refractivity contribution is 0.385. The summed E-state index contributed by atoms with van der Waals surface area (Å²) in [7, 11) is -1.60. The first kappa shape index (κ1) is 15.2. The van der Waals surface area contributed by atoms with Crippen molar-refractivity contribution in [2.45, 2.75) is 37.2 Å². The van der Waals surface area contributed by atoms with Gasteiger partial charge in [0.15, 0.2) is 0 Å². The monoisotopic (exact) mass is 389 g/mol. The summed E-state index contributed by atoms with van der Waals surface area (Å²) >= 11 is 4.82. The van der Waals surface area contributed by atoms with E-state index < -0.39 is 10.0 Å². The largest absolute Gasteiger partial charge is 0.337 e. The fraction of sp³-hybridized carbons (Fsp3) is 0.462. The number of aryl methyl sites for hydroxylation is 2. The Morgan fingerprint density at radius 3 is 2.71 bits per heavy atom. The van der Waals surface area contributed by atoms with Crippen LogP contribution < -0.4 is 0 Å². The Labute approximate surface area is 136 Å². The molecule has 1 fully saturated rings. The number of rotatable bonds is 5. The van der Waals surface area contributed by atoms with E-state index in [2.05, 4.69) is 20.9 Å². The van der Waals surface area contributed by atoms with Crippen LogP contribution in [0.1, 0.15) is 23.5 Å². The molecule has 5 nitrogen and oxygen atoms in total. The highest BCUT2D eigenvalue weighted by molar-refractivity contribution is 9.11. The minimum Gasteiger partial charge on any atom is -0.337 e. The molecule has 0 bridgehead atoms. The zero-order chi connectivity index (χ0) is 15.2. The van der Waals surface area contributed by atoms with Gasteiger partial charge in [-0.3, -0.25) is 0 Å². The standard InChI is InChI=1S/C13H16BrN3O2S2/c1-9-11(7-12(14)20-9)21(18,19)17(10-3-4-10)8-13-15-5-6-16(13)2/h5-7,10H,3-4,8H2,1-2H3. The van der Waals surface area contributed by atoms with Crippen molar-refractivity contribution < 1.29 is 8.42 Å². The molecule has 0 atom stereocenters. The third-order valence-electron chi connectivity index (χ3n) is 3.60. The molecule has 1 aliphatic rings. The molecule has 21 heavy (non-hydrogen) atoms. The molecule has 0 N–H and O–H groups in total. The van der Waals surface area contributed by atoms with Crippen molar-refractivity contribution in [3.8, 4) is 0 Å². The van der Waals surface area contributed by atoms with Crippen molar-refractivity contribution in [2.24, 2.45) is 7.05 Å². The fourth-order valence-corrected chi connectivity index (χ4v) is 6.30. The van der Waals surface area contributed by atoms with Crippen LogP contribution in [0.25, 0.3) is 0 Å². The van der Waals surface area contributed by atoms with E-state index in [1.54, 1.807) is 16.6 Å². The van der Waals surface area contributed by atoms with Crippen LogP contribution in [0.4, 0.5) is 0 Å². The molecule has 0 radical (unpaired) electrons. The molecule has 0 spiro atoms. The van der Waals surface area contributed by atoms with E-state index in [-0.39, 0.29) is 6.04 Å². The molecule has 0 aliphatic heterocycles. The number of nitrogens with zero attached hydrogens (tertiary/aromatic N) is 3. The van der Waals surface area contributed by atoms with Crippen LogP contribution in [0.3, 0.4) is 0 Å². The number of hydrogen-bond acceptors (Lipinski definition) is 4. The molecule has 1 aliphatic carbocycles. The second-order valence-electron chi connectivity index (χ2n) is 5.21. The molecule has 0 unspecified atom stereocenters. The van der Waals surface area contributed by atoms with Crippen LogP contribution in [0.2, 0.25) is 0 Å². The van der Waals surface area contributed by atoms with Crippen molar-refractivity contribution in [3.05, 3.63) is 32.9 Å². The van der Waals surface area contributed by atoms with Crippen molar-refractivity contribution in [2.75, 3.05) is 0 Å². The van der Waals surface area contributed by atoms with Gasteiger partial charge in [0.05, 0.1) is 15.2 Å². The van der Waals surface area contributed by atoms with Gasteiger partial charge < -0.3 is 4.57 Å². The molecular formula is C13H16BrN3O2S2. The highest BCUT2D eigenvalue weighted by Crippen LogP contribution is 2.37. The lowest BCUT2D eigenvalue weighted by Gasteiger charge is -2.21. The zero-order valence-corrected chi connectivity index (χ0v) is 15.0. The van der Waals surface area contributed by atoms with E-state index in [1.165, 1.54) is 11.3 Å². The van der Waals surface area contributed by atoms with Crippen molar-refractivity contribution in [1.29, 1.82) is 0 Å². The van der Waals surface area contributed by atoms with E-state index in [0.29, 0.717) is 11.4 Å². The summed E-state index contributed by atoms with van der Waals surface area (Å²) in [5, 5.41) is 0. The first-order chi connectivity index (χ1) is 9.89. The molecule has 1 saturated carbocycles. The second-order valence-corrected chi connectivity index (χ2v) is 9.70. The van der Waals surface area contributed by atoms with Crippen molar-refractivity contribution >= 4 is 37.3 Å². The van der Waals surface area contributed by atoms with Crippen molar-refractivity contribution in [3.63, 3.8) is 0 Å². The zero-order valence-electron chi connectivity index (χ0n) is 11.8. The lowest BCUT2D eigenvalue weighted by Crippen LogP contribution is -2.33. The second kappa shape index (κ2) is 5.49. The third kappa shape index (κ3) is 2.94. The van der Waals surface area contributed by atoms with Crippen LogP contribution >= 0.6 is 27.3 Å². The Balaban J connectivity index is 1.97. The maximum atomic E-state index is 13.0. The van der Waals surface area contributed by atoms with Gasteiger partial charge >= 0.3 is 0 Å². The lowest BCUT2D eigenvalue weighted by atomic mass is 10.5. The van der Waals surface area contributed by atoms with Crippen LogP contribution in [0, 0.1) is 6.92 Å². The molecule has 8 heteroatoms. The van der Waals surface area contributed by atoms with Crippen LogP contribution in [-0.4, -0.2) is 28.3 Å². The summed E-state index contributed by atoms with van der Waals surface area (Å²) in [4.78, 5) is 5.47. The molecule has 0 amide bonds. The van der Waals surface area contributed by atoms with Gasteiger partial charge in [0.1, 0.15) is 5.82 Å². The normalized spacial score (nSPS) is 15.8. The van der Waals surface area contributed by atoms with E-state index in [9.17, 15) is 8.42 Å². The van der Waals surface area contributed by atoms with Crippen LogP contribution in [0.5, 0.6) is 0 Å². The van der Waals surface area contributed by atoms with Gasteiger partial charge in [-0.15, -0.1) is 11.3 Å². The average Bonchev–Trinajstić information content (AvgIpc) is 3.07. The van der Waals surface area contributed by atoms with Gasteiger partial charge in [-0.2, -0.15) is 4.31 Å². The van der Waals surface area contributed by atoms with Gasteiger partial charge in [0.2, 0.25) is 10.0 Å². The molecule has 0 aromatic carbocycles. The summed E-state index contributed by atoms with van der Waals surface area (Å²) in [6.07, 6.45) is 5.38. The van der Waals surface area contributed by atoms with Gasteiger partial charge in [0.25, 0.3) is 0 Å². The maximum absolute atomic E-state index is 13.0. The SMILES string of the molecule is Cc1sc(Br)cc1S(=O)(=O)N(Cc1nccn1C)C1CC1. The summed E-state index contributed by atoms with van der Waals surface area (Å²) < 4.78 is 30.2. The highest BCUT2D eigenvalue weighted by atomic mass is 79.9. The Bertz CT molecular complexity index is 762. The van der Waals surface area contributed by atoms with E-state index >= 15 is 0 Å². The smallest absolute Gasteiger partial charge is 0.244 e. The predicted octanol–water partition coefficient (Wildman–Crippen LogP) is 2.91. The van der Waals surface area contributed by atoms with Crippen LogP contribution in [0.15, 0.2) is 27.1 Å². The molecule has 2 aromatic rings. The number of aromatic nitrogens is 2. The molecule has 2 heterocycles. The molecule has 114 valence electrons. The quantitative estimate of drug-likeness (QED) is 0.789. The molecule has 2 aromatic heterocycles. The Morgan fingerprint density at radius 2 is 2.24 bits per heavy atom. The summed E-state index contributed by atoms with van der Waals surface area (Å²) in [5.74, 6) is 0.762. The fourth-order valence-electron chi connectivity index (χ4n) is 2.27. The minimum absolute atomic E-state index is 0.102. The number of sulfonamides is 1. The van der Waals surface area contributed by atoms with Gasteiger partial charge in [-0.1, -0.05) is 0 Å². The predicted molar refractivity (Wildman–Crippen MR) is 85.7 cm³/mol. The van der Waals surface area contributed by atoms with E-state index in [1.807, 2.05) is 24.7 Å². The van der Waals surface area contributed by atoms with Crippen molar-refractivity contribution in [1.82, 2.24) is 13.9 Å². The third-order valence-corrected chi connectivity index (χ3v) is 7.31. The molecule has 0 saturated heterocycles.